The highest BCUT2D eigenvalue weighted by Crippen LogP contribution is 2.16. The summed E-state index contributed by atoms with van der Waals surface area (Å²) >= 11 is 0. The summed E-state index contributed by atoms with van der Waals surface area (Å²) in [5.74, 6) is -0.119. The second kappa shape index (κ2) is 9.37. The van der Waals surface area contributed by atoms with Crippen molar-refractivity contribution < 1.29 is 4.79 Å². The largest absolute Gasteiger partial charge is 0.335 e. The molecule has 0 unspecified atom stereocenters. The van der Waals surface area contributed by atoms with Gasteiger partial charge in [-0.1, -0.05) is 66.7 Å². The Balaban J connectivity index is 1.52. The maximum Gasteiger partial charge on any atom is 0.271 e. The molecule has 0 atom stereocenters. The van der Waals surface area contributed by atoms with Crippen LogP contribution in [-0.2, 0) is 11.3 Å². The van der Waals surface area contributed by atoms with Crippen molar-refractivity contribution in [2.75, 3.05) is 26.2 Å². The number of hydrogen-bond donors (Lipinski definition) is 0. The molecule has 152 valence electrons. The lowest BCUT2D eigenvalue weighted by Gasteiger charge is -2.35. The molecule has 0 radical (unpaired) electrons. The SMILES string of the molecule is O=C(/C(=C\c1ccccc1)n1ccccc1=O)N1CCN(Cc2ccccc2)CC1. The van der Waals surface area contributed by atoms with E-state index >= 15 is 0 Å². The Morgan fingerprint density at radius 3 is 2.10 bits per heavy atom. The van der Waals surface area contributed by atoms with E-state index in [1.165, 1.54) is 16.2 Å². The summed E-state index contributed by atoms with van der Waals surface area (Å²) in [6.07, 6.45) is 3.45. The fraction of sp³-hybridized carbons (Fsp3) is 0.200. The molecule has 1 fully saturated rings. The van der Waals surface area contributed by atoms with E-state index in [9.17, 15) is 9.59 Å². The molecular formula is C25H25N3O2. The third-order valence-electron chi connectivity index (χ3n) is 5.31. The van der Waals surface area contributed by atoms with Crippen LogP contribution in [-0.4, -0.2) is 46.5 Å². The van der Waals surface area contributed by atoms with E-state index in [1.807, 2.05) is 53.4 Å². The van der Waals surface area contributed by atoms with Gasteiger partial charge in [-0.25, -0.2) is 0 Å². The highest BCUT2D eigenvalue weighted by atomic mass is 16.2. The highest BCUT2D eigenvalue weighted by Gasteiger charge is 2.25. The molecule has 0 saturated carbocycles. The van der Waals surface area contributed by atoms with Gasteiger partial charge in [-0.3, -0.25) is 19.1 Å². The number of rotatable bonds is 5. The van der Waals surface area contributed by atoms with Gasteiger partial charge in [0.25, 0.3) is 11.5 Å². The maximum absolute atomic E-state index is 13.4. The zero-order chi connectivity index (χ0) is 20.8. The summed E-state index contributed by atoms with van der Waals surface area (Å²) < 4.78 is 1.44. The van der Waals surface area contributed by atoms with E-state index in [-0.39, 0.29) is 11.5 Å². The number of hydrogen-bond acceptors (Lipinski definition) is 3. The topological polar surface area (TPSA) is 45.6 Å². The molecule has 2 aromatic carbocycles. The van der Waals surface area contributed by atoms with Crippen LogP contribution in [0.15, 0.2) is 89.9 Å². The third-order valence-corrected chi connectivity index (χ3v) is 5.31. The molecule has 0 spiro atoms. The zero-order valence-electron chi connectivity index (χ0n) is 16.9. The Kier molecular flexibility index (Phi) is 6.20. The van der Waals surface area contributed by atoms with Crippen molar-refractivity contribution in [1.29, 1.82) is 0 Å². The van der Waals surface area contributed by atoms with E-state index in [4.69, 9.17) is 0 Å². The van der Waals surface area contributed by atoms with Gasteiger partial charge in [0.15, 0.2) is 0 Å². The summed E-state index contributed by atoms with van der Waals surface area (Å²) in [6, 6.07) is 24.9. The summed E-state index contributed by atoms with van der Waals surface area (Å²) in [7, 11) is 0. The van der Waals surface area contributed by atoms with Gasteiger partial charge in [-0.15, -0.1) is 0 Å². The molecule has 1 aromatic heterocycles. The third kappa shape index (κ3) is 4.75. The maximum atomic E-state index is 13.4. The van der Waals surface area contributed by atoms with Gasteiger partial charge >= 0.3 is 0 Å². The van der Waals surface area contributed by atoms with Gasteiger partial charge in [-0.05, 0) is 23.3 Å². The number of pyridine rings is 1. The van der Waals surface area contributed by atoms with Crippen molar-refractivity contribution in [3.05, 3.63) is 107 Å². The van der Waals surface area contributed by atoms with Crippen LogP contribution in [0.5, 0.6) is 0 Å². The molecule has 2 heterocycles. The van der Waals surface area contributed by atoms with Crippen LogP contribution < -0.4 is 5.56 Å². The number of carbonyl (C=O) groups is 1. The fourth-order valence-electron chi connectivity index (χ4n) is 3.68. The number of carbonyl (C=O) groups excluding carboxylic acids is 1. The Hall–Kier alpha value is -3.44. The fourth-order valence-corrected chi connectivity index (χ4v) is 3.68. The van der Waals surface area contributed by atoms with Gasteiger partial charge in [0.05, 0.1) is 0 Å². The number of piperazine rings is 1. The summed E-state index contributed by atoms with van der Waals surface area (Å²) in [4.78, 5) is 30.0. The summed E-state index contributed by atoms with van der Waals surface area (Å²) in [5, 5.41) is 0. The molecule has 0 aliphatic carbocycles. The lowest BCUT2D eigenvalue weighted by atomic mass is 10.1. The smallest absolute Gasteiger partial charge is 0.271 e. The molecular weight excluding hydrogens is 374 g/mol. The van der Waals surface area contributed by atoms with E-state index in [2.05, 4.69) is 17.0 Å². The molecule has 5 nitrogen and oxygen atoms in total. The van der Waals surface area contributed by atoms with Gasteiger partial charge < -0.3 is 4.90 Å². The number of aromatic nitrogens is 1. The first-order chi connectivity index (χ1) is 14.7. The molecule has 1 aliphatic heterocycles. The van der Waals surface area contributed by atoms with Crippen molar-refractivity contribution in [3.8, 4) is 0 Å². The van der Waals surface area contributed by atoms with E-state index in [0.717, 1.165) is 25.2 Å². The van der Waals surface area contributed by atoms with Crippen LogP contribution in [0.4, 0.5) is 0 Å². The second-order valence-electron chi connectivity index (χ2n) is 7.40. The standard InChI is InChI=1S/C25H25N3O2/c29-24-13-7-8-14-28(24)23(19-21-9-3-1-4-10-21)25(30)27-17-15-26(16-18-27)20-22-11-5-2-6-12-22/h1-14,19H,15-18,20H2/b23-19+. The van der Waals surface area contributed by atoms with Crippen LogP contribution >= 0.6 is 0 Å². The first-order valence-electron chi connectivity index (χ1n) is 10.2. The van der Waals surface area contributed by atoms with Crippen molar-refractivity contribution in [1.82, 2.24) is 14.4 Å². The van der Waals surface area contributed by atoms with E-state index < -0.39 is 0 Å². The van der Waals surface area contributed by atoms with Crippen LogP contribution in [0.3, 0.4) is 0 Å². The molecule has 1 amide bonds. The quantitative estimate of drug-likeness (QED) is 0.619. The van der Waals surface area contributed by atoms with Gasteiger partial charge in [0.2, 0.25) is 0 Å². The molecule has 3 aromatic rings. The molecule has 5 heteroatoms. The van der Waals surface area contributed by atoms with Gasteiger partial charge in [0.1, 0.15) is 5.70 Å². The number of benzene rings is 2. The summed E-state index contributed by atoms with van der Waals surface area (Å²) in [6.45, 7) is 3.78. The predicted octanol–water partition coefficient (Wildman–Crippen LogP) is 3.19. The lowest BCUT2D eigenvalue weighted by molar-refractivity contribution is -0.127. The average Bonchev–Trinajstić information content (AvgIpc) is 2.80. The molecule has 1 saturated heterocycles. The molecule has 1 aliphatic rings. The Labute approximate surface area is 176 Å². The minimum atomic E-state index is -0.212. The minimum absolute atomic E-state index is 0.119. The summed E-state index contributed by atoms with van der Waals surface area (Å²) in [5.41, 5.74) is 2.33. The van der Waals surface area contributed by atoms with Crippen LogP contribution in [0.25, 0.3) is 11.8 Å². The van der Waals surface area contributed by atoms with E-state index in [0.29, 0.717) is 18.8 Å². The van der Waals surface area contributed by atoms with Crippen LogP contribution in [0, 0.1) is 0 Å². The molecule has 0 bridgehead atoms. The normalized spacial score (nSPS) is 15.2. The first kappa shape index (κ1) is 19.9. The number of amides is 1. The van der Waals surface area contributed by atoms with Crippen LogP contribution in [0.2, 0.25) is 0 Å². The Morgan fingerprint density at radius 1 is 0.800 bits per heavy atom. The van der Waals surface area contributed by atoms with E-state index in [1.54, 1.807) is 24.4 Å². The monoisotopic (exact) mass is 399 g/mol. The molecule has 0 N–H and O–H groups in total. The Morgan fingerprint density at radius 2 is 1.43 bits per heavy atom. The predicted molar refractivity (Wildman–Crippen MR) is 120 cm³/mol. The van der Waals surface area contributed by atoms with Crippen molar-refractivity contribution >= 4 is 17.7 Å². The first-order valence-corrected chi connectivity index (χ1v) is 10.2. The number of nitrogens with zero attached hydrogens (tertiary/aromatic N) is 3. The molecule has 30 heavy (non-hydrogen) atoms. The second-order valence-corrected chi connectivity index (χ2v) is 7.40. The van der Waals surface area contributed by atoms with Gasteiger partial charge in [-0.2, -0.15) is 0 Å². The Bertz CT molecular complexity index is 1070. The van der Waals surface area contributed by atoms with Crippen LogP contribution in [0.1, 0.15) is 11.1 Å². The van der Waals surface area contributed by atoms with Gasteiger partial charge in [0, 0.05) is 45.0 Å². The highest BCUT2D eigenvalue weighted by molar-refractivity contribution is 6.18. The lowest BCUT2D eigenvalue weighted by Crippen LogP contribution is -2.49. The van der Waals surface area contributed by atoms with Crippen molar-refractivity contribution in [2.24, 2.45) is 0 Å². The average molecular weight is 399 g/mol. The van der Waals surface area contributed by atoms with Crippen molar-refractivity contribution in [2.45, 2.75) is 6.54 Å². The minimum Gasteiger partial charge on any atom is -0.335 e. The molecule has 4 rings (SSSR count). The van der Waals surface area contributed by atoms with Crippen molar-refractivity contribution in [3.63, 3.8) is 0 Å². The zero-order valence-corrected chi connectivity index (χ0v) is 16.9.